The number of nitrogens with one attached hydrogen (secondary N) is 1. The summed E-state index contributed by atoms with van der Waals surface area (Å²) >= 11 is 11.1. The van der Waals surface area contributed by atoms with Gasteiger partial charge in [-0.05, 0) is 56.2 Å². The molecule has 0 radical (unpaired) electrons. The summed E-state index contributed by atoms with van der Waals surface area (Å²) in [5.41, 5.74) is 10.5. The third-order valence-corrected chi connectivity index (χ3v) is 3.47. The fourth-order valence-corrected chi connectivity index (χ4v) is 2.62. The van der Waals surface area contributed by atoms with Crippen molar-refractivity contribution in [2.75, 3.05) is 5.32 Å². The Morgan fingerprint density at radius 1 is 1.20 bits per heavy atom. The lowest BCUT2D eigenvalue weighted by molar-refractivity contribution is 1.16. The first kappa shape index (κ1) is 14.8. The molecule has 0 amide bonds. The van der Waals surface area contributed by atoms with Crippen molar-refractivity contribution < 1.29 is 0 Å². The van der Waals surface area contributed by atoms with Crippen molar-refractivity contribution >= 4 is 40.3 Å². The van der Waals surface area contributed by atoms with Crippen molar-refractivity contribution in [2.45, 2.75) is 20.8 Å². The number of hydrogen-bond acceptors (Lipinski definition) is 3. The molecule has 1 aromatic carbocycles. The van der Waals surface area contributed by atoms with Gasteiger partial charge in [0.1, 0.15) is 10.8 Å². The Balaban J connectivity index is 2.50. The largest absolute Gasteiger partial charge is 0.389 e. The normalized spacial score (nSPS) is 10.4. The second-order valence-corrected chi connectivity index (χ2v) is 5.63. The lowest BCUT2D eigenvalue weighted by atomic mass is 10.1. The molecule has 0 atom stereocenters. The predicted octanol–water partition coefficient (Wildman–Crippen LogP) is 4.04. The van der Waals surface area contributed by atoms with Crippen LogP contribution in [0.25, 0.3) is 0 Å². The lowest BCUT2D eigenvalue weighted by Crippen LogP contribution is -2.15. The van der Waals surface area contributed by atoms with E-state index in [1.54, 1.807) is 0 Å². The molecule has 0 unspecified atom stereocenters. The van der Waals surface area contributed by atoms with Gasteiger partial charge in [-0.15, -0.1) is 0 Å². The summed E-state index contributed by atoms with van der Waals surface area (Å²) in [6.07, 6.45) is 0. The van der Waals surface area contributed by atoms with Gasteiger partial charge in [0.15, 0.2) is 0 Å². The van der Waals surface area contributed by atoms with Crippen molar-refractivity contribution in [2.24, 2.45) is 5.73 Å². The maximum atomic E-state index is 5.97. The van der Waals surface area contributed by atoms with Crippen LogP contribution in [0.5, 0.6) is 0 Å². The topological polar surface area (TPSA) is 50.9 Å². The third kappa shape index (κ3) is 3.08. The highest BCUT2D eigenvalue weighted by atomic mass is 35.5. The number of aromatic nitrogens is 1. The van der Waals surface area contributed by atoms with E-state index in [4.69, 9.17) is 29.6 Å². The van der Waals surface area contributed by atoms with Gasteiger partial charge in [-0.2, -0.15) is 0 Å². The zero-order valence-corrected chi connectivity index (χ0v) is 13.2. The zero-order valence-electron chi connectivity index (χ0n) is 11.6. The van der Waals surface area contributed by atoms with Crippen LogP contribution in [-0.2, 0) is 0 Å². The number of anilines is 2. The first-order chi connectivity index (χ1) is 9.38. The van der Waals surface area contributed by atoms with Gasteiger partial charge < -0.3 is 11.1 Å². The smallest absolute Gasteiger partial charge is 0.141 e. The van der Waals surface area contributed by atoms with Crippen LogP contribution in [0, 0.1) is 20.8 Å². The molecule has 3 N–H and O–H groups in total. The van der Waals surface area contributed by atoms with E-state index in [2.05, 4.69) is 10.3 Å². The molecule has 1 heterocycles. The highest BCUT2D eigenvalue weighted by Crippen LogP contribution is 2.26. The summed E-state index contributed by atoms with van der Waals surface area (Å²) in [7, 11) is 0. The van der Waals surface area contributed by atoms with Gasteiger partial charge in [-0.1, -0.05) is 23.8 Å². The molecule has 0 aliphatic carbocycles. The van der Waals surface area contributed by atoms with Gasteiger partial charge in [0, 0.05) is 16.4 Å². The maximum absolute atomic E-state index is 5.97. The van der Waals surface area contributed by atoms with Crippen LogP contribution in [0.3, 0.4) is 0 Å². The Bertz CT molecular complexity index is 683. The number of halogens is 1. The second-order valence-electron chi connectivity index (χ2n) is 4.75. The van der Waals surface area contributed by atoms with Crippen LogP contribution in [0.1, 0.15) is 22.4 Å². The maximum Gasteiger partial charge on any atom is 0.141 e. The van der Waals surface area contributed by atoms with Crippen LogP contribution < -0.4 is 11.1 Å². The van der Waals surface area contributed by atoms with Crippen molar-refractivity contribution in [1.29, 1.82) is 0 Å². The monoisotopic (exact) mass is 305 g/mol. The highest BCUT2D eigenvalue weighted by Gasteiger charge is 2.12. The standard InChI is InChI=1S/C15H16ClN3S/c1-8-7-11(16)4-5-12(8)19-15-13(14(17)20)9(2)6-10(3)18-15/h4-7H,1-3H3,(H2,17,20)(H,18,19). The van der Waals surface area contributed by atoms with E-state index in [-0.39, 0.29) is 0 Å². The Kier molecular flexibility index (Phi) is 4.26. The number of nitrogens with zero attached hydrogens (tertiary/aromatic N) is 1. The van der Waals surface area contributed by atoms with Crippen LogP contribution in [0.15, 0.2) is 24.3 Å². The van der Waals surface area contributed by atoms with E-state index in [1.807, 2.05) is 45.0 Å². The lowest BCUT2D eigenvalue weighted by Gasteiger charge is -2.15. The van der Waals surface area contributed by atoms with E-state index in [9.17, 15) is 0 Å². The fraction of sp³-hybridized carbons (Fsp3) is 0.200. The van der Waals surface area contributed by atoms with Crippen LogP contribution in [-0.4, -0.2) is 9.97 Å². The predicted molar refractivity (Wildman–Crippen MR) is 89.1 cm³/mol. The fourth-order valence-electron chi connectivity index (χ4n) is 2.13. The minimum atomic E-state index is 0.337. The van der Waals surface area contributed by atoms with E-state index >= 15 is 0 Å². The van der Waals surface area contributed by atoms with Gasteiger partial charge in [-0.3, -0.25) is 0 Å². The van der Waals surface area contributed by atoms with Crippen LogP contribution in [0.2, 0.25) is 5.02 Å². The zero-order chi connectivity index (χ0) is 14.9. The SMILES string of the molecule is Cc1cc(C)c(C(N)=S)c(Nc2ccc(Cl)cc2C)n1. The molecule has 0 saturated carbocycles. The minimum Gasteiger partial charge on any atom is -0.389 e. The molecule has 0 bridgehead atoms. The van der Waals surface area contributed by atoms with Crippen molar-refractivity contribution in [1.82, 2.24) is 4.98 Å². The van der Waals surface area contributed by atoms with Gasteiger partial charge in [-0.25, -0.2) is 4.98 Å². The molecule has 20 heavy (non-hydrogen) atoms. The first-order valence-corrected chi connectivity index (χ1v) is 6.98. The molecule has 0 aliphatic heterocycles. The number of pyridine rings is 1. The Labute approximate surface area is 129 Å². The number of rotatable bonds is 3. The van der Waals surface area contributed by atoms with Gasteiger partial charge in [0.05, 0.1) is 5.56 Å². The number of aryl methyl sites for hydroxylation is 3. The molecular weight excluding hydrogens is 290 g/mol. The Morgan fingerprint density at radius 3 is 2.50 bits per heavy atom. The molecule has 0 saturated heterocycles. The minimum absolute atomic E-state index is 0.337. The molecule has 2 aromatic rings. The molecule has 0 fully saturated rings. The number of hydrogen-bond donors (Lipinski definition) is 2. The van der Waals surface area contributed by atoms with Crippen molar-refractivity contribution in [3.63, 3.8) is 0 Å². The average Bonchev–Trinajstić information content (AvgIpc) is 2.31. The summed E-state index contributed by atoms with van der Waals surface area (Å²) in [5.74, 6) is 0.681. The quantitative estimate of drug-likeness (QED) is 0.840. The first-order valence-electron chi connectivity index (χ1n) is 6.19. The summed E-state index contributed by atoms with van der Waals surface area (Å²) < 4.78 is 0. The molecule has 5 heteroatoms. The van der Waals surface area contributed by atoms with Gasteiger partial charge >= 0.3 is 0 Å². The molecule has 2 rings (SSSR count). The summed E-state index contributed by atoms with van der Waals surface area (Å²) in [4.78, 5) is 4.84. The van der Waals surface area contributed by atoms with E-state index in [0.29, 0.717) is 15.8 Å². The number of thiocarbonyl (C=S) groups is 1. The van der Waals surface area contributed by atoms with Crippen LogP contribution in [0.4, 0.5) is 11.5 Å². The van der Waals surface area contributed by atoms with Crippen LogP contribution >= 0.6 is 23.8 Å². The van der Waals surface area contributed by atoms with E-state index in [0.717, 1.165) is 28.1 Å². The Morgan fingerprint density at radius 2 is 1.90 bits per heavy atom. The second kappa shape index (κ2) is 5.77. The molecular formula is C15H16ClN3S. The summed E-state index contributed by atoms with van der Waals surface area (Å²) in [5, 5.41) is 4.00. The van der Waals surface area contributed by atoms with Crippen molar-refractivity contribution in [3.05, 3.63) is 51.7 Å². The summed E-state index contributed by atoms with van der Waals surface area (Å²) in [6.45, 7) is 5.90. The average molecular weight is 306 g/mol. The highest BCUT2D eigenvalue weighted by molar-refractivity contribution is 7.80. The summed E-state index contributed by atoms with van der Waals surface area (Å²) in [6, 6.07) is 7.61. The molecule has 104 valence electrons. The molecule has 3 nitrogen and oxygen atoms in total. The molecule has 0 aliphatic rings. The van der Waals surface area contributed by atoms with E-state index < -0.39 is 0 Å². The Hall–Kier alpha value is -1.65. The van der Waals surface area contributed by atoms with Gasteiger partial charge in [0.25, 0.3) is 0 Å². The molecule has 0 spiro atoms. The number of nitrogens with two attached hydrogens (primary N) is 1. The van der Waals surface area contributed by atoms with Gasteiger partial charge in [0.2, 0.25) is 0 Å². The number of benzene rings is 1. The third-order valence-electron chi connectivity index (χ3n) is 3.03. The van der Waals surface area contributed by atoms with E-state index in [1.165, 1.54) is 0 Å². The molecule has 1 aromatic heterocycles. The van der Waals surface area contributed by atoms with Crippen molar-refractivity contribution in [3.8, 4) is 0 Å².